The van der Waals surface area contributed by atoms with E-state index in [-0.39, 0.29) is 16.7 Å². The molecule has 2 aromatic heterocycles. The highest BCUT2D eigenvalue weighted by molar-refractivity contribution is 9.10. The number of amides is 1. The summed E-state index contributed by atoms with van der Waals surface area (Å²) in [6.45, 7) is 7.07. The van der Waals surface area contributed by atoms with E-state index in [4.69, 9.17) is 4.74 Å². The van der Waals surface area contributed by atoms with Gasteiger partial charge >= 0.3 is 6.09 Å². The molecule has 0 aliphatic carbocycles. The Morgan fingerprint density at radius 1 is 1.33 bits per heavy atom. The molecule has 0 saturated heterocycles. The number of alkyl carbamates (subject to hydrolysis) is 1. The molecule has 1 amide bonds. The van der Waals surface area contributed by atoms with Crippen LogP contribution in [0.1, 0.15) is 46.0 Å². The molecule has 0 aliphatic heterocycles. The van der Waals surface area contributed by atoms with E-state index in [0.717, 1.165) is 0 Å². The third-order valence-corrected chi connectivity index (χ3v) is 4.93. The molecular weight excluding hydrogens is 455 g/mol. The van der Waals surface area contributed by atoms with Crippen LogP contribution in [-0.2, 0) is 4.74 Å². The van der Waals surface area contributed by atoms with E-state index in [2.05, 4.69) is 31.2 Å². The van der Waals surface area contributed by atoms with Crippen molar-refractivity contribution in [3.63, 3.8) is 0 Å². The van der Waals surface area contributed by atoms with E-state index in [1.165, 1.54) is 22.9 Å². The van der Waals surface area contributed by atoms with Crippen LogP contribution in [0.2, 0.25) is 0 Å². The van der Waals surface area contributed by atoms with Gasteiger partial charge in [0.05, 0.1) is 23.3 Å². The summed E-state index contributed by atoms with van der Waals surface area (Å²) in [6.07, 6.45) is 2.82. The Morgan fingerprint density at radius 3 is 2.67 bits per heavy atom. The third kappa shape index (κ3) is 4.51. The number of nitrogens with one attached hydrogen (secondary N) is 1. The number of rotatable bonds is 4. The quantitative estimate of drug-likeness (QED) is 0.591. The zero-order valence-corrected chi connectivity index (χ0v) is 18.7. The van der Waals surface area contributed by atoms with Crippen LogP contribution in [0.5, 0.6) is 0 Å². The Balaban J connectivity index is 2.25. The summed E-state index contributed by atoms with van der Waals surface area (Å²) in [7, 11) is 0. The maximum absolute atomic E-state index is 14.6. The zero-order chi connectivity index (χ0) is 22.1. The SMILES string of the molecule is CCC(NC(=O)OC(C)(C)C)c1nc2c(F)ccc(Br)c2c(=O)n1-c1cccnc1. The topological polar surface area (TPSA) is 86.1 Å². The van der Waals surface area contributed by atoms with Gasteiger partial charge in [-0.3, -0.25) is 14.3 Å². The first-order valence-electron chi connectivity index (χ1n) is 9.43. The van der Waals surface area contributed by atoms with Crippen molar-refractivity contribution in [2.75, 3.05) is 0 Å². The van der Waals surface area contributed by atoms with E-state index < -0.39 is 29.1 Å². The van der Waals surface area contributed by atoms with Crippen molar-refractivity contribution in [1.29, 1.82) is 0 Å². The van der Waals surface area contributed by atoms with Gasteiger partial charge in [0.15, 0.2) is 0 Å². The summed E-state index contributed by atoms with van der Waals surface area (Å²) in [6, 6.07) is 5.37. The Kier molecular flexibility index (Phi) is 6.21. The molecule has 2 heterocycles. The minimum atomic E-state index is -0.699. The molecule has 1 aromatic carbocycles. The molecule has 0 saturated carbocycles. The lowest BCUT2D eigenvalue weighted by molar-refractivity contribution is 0.0499. The van der Waals surface area contributed by atoms with Crippen LogP contribution in [-0.4, -0.2) is 26.2 Å². The number of fused-ring (bicyclic) bond motifs is 1. The van der Waals surface area contributed by atoms with Crippen LogP contribution in [0.15, 0.2) is 45.9 Å². The molecular formula is C21H22BrFN4O3. The van der Waals surface area contributed by atoms with Crippen molar-refractivity contribution in [2.45, 2.75) is 45.8 Å². The summed E-state index contributed by atoms with van der Waals surface area (Å²) in [5.74, 6) is -0.442. The molecule has 0 bridgehead atoms. The lowest BCUT2D eigenvalue weighted by atomic mass is 10.1. The molecule has 30 heavy (non-hydrogen) atoms. The number of benzene rings is 1. The molecule has 9 heteroatoms. The van der Waals surface area contributed by atoms with E-state index in [1.807, 2.05) is 6.92 Å². The van der Waals surface area contributed by atoms with Gasteiger partial charge < -0.3 is 10.1 Å². The fourth-order valence-corrected chi connectivity index (χ4v) is 3.49. The third-order valence-electron chi connectivity index (χ3n) is 4.27. The number of carbonyl (C=O) groups is 1. The average molecular weight is 477 g/mol. The highest BCUT2D eigenvalue weighted by atomic mass is 79.9. The molecule has 158 valence electrons. The lowest BCUT2D eigenvalue weighted by Crippen LogP contribution is -2.38. The van der Waals surface area contributed by atoms with E-state index >= 15 is 0 Å². The summed E-state index contributed by atoms with van der Waals surface area (Å²) >= 11 is 3.32. The van der Waals surface area contributed by atoms with E-state index in [1.54, 1.807) is 39.1 Å². The van der Waals surface area contributed by atoms with Gasteiger partial charge in [-0.15, -0.1) is 0 Å². The second-order valence-electron chi connectivity index (χ2n) is 7.68. The Morgan fingerprint density at radius 2 is 2.07 bits per heavy atom. The number of halogens is 2. The van der Waals surface area contributed by atoms with Crippen LogP contribution in [0.25, 0.3) is 16.6 Å². The standard InChI is InChI=1S/C21H22BrFN4O3/c1-5-15(25-20(29)30-21(2,3)4)18-26-17-14(23)9-8-13(22)16(17)19(28)27(18)12-7-6-10-24-11-12/h6-11,15H,5H2,1-4H3,(H,25,29). The largest absolute Gasteiger partial charge is 0.444 e. The highest BCUT2D eigenvalue weighted by Crippen LogP contribution is 2.26. The first-order chi connectivity index (χ1) is 14.1. The van der Waals surface area contributed by atoms with Crippen LogP contribution in [0.4, 0.5) is 9.18 Å². The maximum Gasteiger partial charge on any atom is 0.408 e. The van der Waals surface area contributed by atoms with Gasteiger partial charge in [-0.2, -0.15) is 0 Å². The van der Waals surface area contributed by atoms with E-state index in [9.17, 15) is 14.0 Å². The van der Waals surface area contributed by atoms with Gasteiger partial charge in [-0.05, 0) is 67.4 Å². The predicted molar refractivity (Wildman–Crippen MR) is 115 cm³/mol. The fourth-order valence-electron chi connectivity index (χ4n) is 3.00. The Bertz CT molecular complexity index is 1140. The molecule has 0 aliphatic rings. The highest BCUT2D eigenvalue weighted by Gasteiger charge is 2.26. The van der Waals surface area contributed by atoms with Gasteiger partial charge in [-0.25, -0.2) is 14.2 Å². The van der Waals surface area contributed by atoms with Crippen LogP contribution in [0, 0.1) is 5.82 Å². The molecule has 1 atom stereocenters. The number of hydrogen-bond donors (Lipinski definition) is 1. The van der Waals surface area contributed by atoms with Crippen molar-refractivity contribution >= 4 is 32.9 Å². The van der Waals surface area contributed by atoms with E-state index in [0.29, 0.717) is 16.6 Å². The lowest BCUT2D eigenvalue weighted by Gasteiger charge is -2.24. The first-order valence-corrected chi connectivity index (χ1v) is 10.2. The number of ether oxygens (including phenoxy) is 1. The van der Waals surface area contributed by atoms with Crippen molar-refractivity contribution in [1.82, 2.24) is 19.9 Å². The zero-order valence-electron chi connectivity index (χ0n) is 17.1. The molecule has 0 radical (unpaired) electrons. The average Bonchev–Trinajstić information content (AvgIpc) is 2.68. The van der Waals surface area contributed by atoms with Crippen LogP contribution in [0.3, 0.4) is 0 Å². The monoisotopic (exact) mass is 476 g/mol. The molecule has 0 fully saturated rings. The smallest absolute Gasteiger partial charge is 0.408 e. The summed E-state index contributed by atoms with van der Waals surface area (Å²) < 4.78 is 21.7. The molecule has 3 aromatic rings. The van der Waals surface area contributed by atoms with Crippen molar-refractivity contribution < 1.29 is 13.9 Å². The summed E-state index contributed by atoms with van der Waals surface area (Å²) in [5, 5.41) is 2.84. The molecule has 1 N–H and O–H groups in total. The fraction of sp³-hybridized carbons (Fsp3) is 0.333. The van der Waals surface area contributed by atoms with Crippen molar-refractivity contribution in [2.24, 2.45) is 0 Å². The van der Waals surface area contributed by atoms with Gasteiger partial charge in [0.2, 0.25) is 0 Å². The molecule has 0 spiro atoms. The maximum atomic E-state index is 14.6. The van der Waals surface area contributed by atoms with Crippen LogP contribution >= 0.6 is 15.9 Å². The minimum Gasteiger partial charge on any atom is -0.444 e. The first kappa shape index (κ1) is 21.9. The minimum absolute atomic E-state index is 0.0750. The van der Waals surface area contributed by atoms with Gasteiger partial charge in [-0.1, -0.05) is 6.92 Å². The van der Waals surface area contributed by atoms with Crippen molar-refractivity contribution in [3.8, 4) is 5.69 Å². The molecule has 1 unspecified atom stereocenters. The number of pyridine rings is 1. The Labute approximate surface area is 181 Å². The number of aromatic nitrogens is 3. The van der Waals surface area contributed by atoms with Crippen LogP contribution < -0.4 is 10.9 Å². The predicted octanol–water partition coefficient (Wildman–Crippen LogP) is 4.66. The van der Waals surface area contributed by atoms with Gasteiger partial charge in [0, 0.05) is 10.7 Å². The molecule has 3 rings (SSSR count). The number of hydrogen-bond acceptors (Lipinski definition) is 5. The number of carbonyl (C=O) groups excluding carboxylic acids is 1. The number of nitrogens with zero attached hydrogens (tertiary/aromatic N) is 3. The van der Waals surface area contributed by atoms with Gasteiger partial charge in [0.25, 0.3) is 5.56 Å². The van der Waals surface area contributed by atoms with Gasteiger partial charge in [0.1, 0.15) is 22.8 Å². The normalized spacial score (nSPS) is 12.6. The summed E-state index contributed by atoms with van der Waals surface area (Å²) in [4.78, 5) is 34.3. The Hall–Kier alpha value is -2.81. The second kappa shape index (κ2) is 8.51. The van der Waals surface area contributed by atoms with Crippen molar-refractivity contribution in [3.05, 3.63) is 63.1 Å². The molecule has 7 nitrogen and oxygen atoms in total. The summed E-state index contributed by atoms with van der Waals surface area (Å²) in [5.41, 5.74) is -0.792. The second-order valence-corrected chi connectivity index (χ2v) is 8.54.